The van der Waals surface area contributed by atoms with Crippen molar-refractivity contribution in [2.24, 2.45) is 0 Å². The second kappa shape index (κ2) is 7.93. The molecule has 0 aliphatic carbocycles. The summed E-state index contributed by atoms with van der Waals surface area (Å²) < 4.78 is 5.65. The van der Waals surface area contributed by atoms with Crippen LogP contribution in [0.25, 0.3) is 0 Å². The van der Waals surface area contributed by atoms with Gasteiger partial charge in [0, 0.05) is 25.7 Å². The first-order valence-electron chi connectivity index (χ1n) is 8.94. The van der Waals surface area contributed by atoms with Crippen molar-refractivity contribution in [1.29, 1.82) is 0 Å². The van der Waals surface area contributed by atoms with Gasteiger partial charge < -0.3 is 15.0 Å². The Morgan fingerprint density at radius 3 is 2.65 bits per heavy atom. The first-order valence-corrected chi connectivity index (χ1v) is 8.94. The van der Waals surface area contributed by atoms with E-state index in [0.717, 1.165) is 45.4 Å². The lowest BCUT2D eigenvalue weighted by Gasteiger charge is -2.32. The van der Waals surface area contributed by atoms with Crippen LogP contribution in [0.15, 0.2) is 30.3 Å². The maximum Gasteiger partial charge on any atom is 0.240 e. The number of nitrogens with one attached hydrogen (secondary N) is 1. The first-order chi connectivity index (χ1) is 11.2. The second-order valence-electron chi connectivity index (χ2n) is 6.77. The Kier molecular flexibility index (Phi) is 5.68. The van der Waals surface area contributed by atoms with E-state index in [9.17, 15) is 4.79 Å². The first kappa shape index (κ1) is 16.5. The van der Waals surface area contributed by atoms with Gasteiger partial charge in [-0.25, -0.2) is 0 Å². The molecule has 4 nitrogen and oxygen atoms in total. The van der Waals surface area contributed by atoms with Gasteiger partial charge in [-0.3, -0.25) is 4.79 Å². The Labute approximate surface area is 139 Å². The number of carbonyl (C=O) groups is 1. The highest BCUT2D eigenvalue weighted by molar-refractivity contribution is 5.82. The molecule has 0 saturated carbocycles. The number of amides is 1. The molecule has 1 amide bonds. The molecule has 1 N–H and O–H groups in total. The Balaban J connectivity index is 1.70. The fourth-order valence-electron chi connectivity index (χ4n) is 3.61. The normalized spacial score (nSPS) is 26.2. The summed E-state index contributed by atoms with van der Waals surface area (Å²) >= 11 is 0. The SMILES string of the molecule is CC1OCCC1NC(Cc1ccccc1)C(=O)N1CCCCC1. The maximum atomic E-state index is 13.0. The minimum atomic E-state index is -0.148. The molecule has 0 spiro atoms. The molecule has 126 valence electrons. The van der Waals surface area contributed by atoms with Crippen LogP contribution in [0.4, 0.5) is 0 Å². The van der Waals surface area contributed by atoms with Gasteiger partial charge in [-0.2, -0.15) is 0 Å². The van der Waals surface area contributed by atoms with Crippen LogP contribution < -0.4 is 5.32 Å². The number of ether oxygens (including phenoxy) is 1. The summed E-state index contributed by atoms with van der Waals surface area (Å²) in [5, 5.41) is 3.60. The summed E-state index contributed by atoms with van der Waals surface area (Å²) in [6.45, 7) is 4.69. The largest absolute Gasteiger partial charge is 0.377 e. The zero-order valence-electron chi connectivity index (χ0n) is 14.0. The standard InChI is InChI=1S/C19H28N2O2/c1-15-17(10-13-23-15)20-18(14-16-8-4-2-5-9-16)19(22)21-11-6-3-7-12-21/h2,4-5,8-9,15,17-18,20H,3,6-7,10-14H2,1H3. The van der Waals surface area contributed by atoms with Crippen LogP contribution in [0.5, 0.6) is 0 Å². The van der Waals surface area contributed by atoms with Gasteiger partial charge in [0.2, 0.25) is 5.91 Å². The van der Waals surface area contributed by atoms with E-state index in [2.05, 4.69) is 24.4 Å². The van der Waals surface area contributed by atoms with Crippen LogP contribution >= 0.6 is 0 Å². The fraction of sp³-hybridized carbons (Fsp3) is 0.632. The van der Waals surface area contributed by atoms with Crippen LogP contribution in [0, 0.1) is 0 Å². The number of piperidine rings is 1. The number of hydrogen-bond acceptors (Lipinski definition) is 3. The zero-order valence-corrected chi connectivity index (χ0v) is 14.0. The van der Waals surface area contributed by atoms with E-state index in [0.29, 0.717) is 0 Å². The van der Waals surface area contributed by atoms with Crippen molar-refractivity contribution < 1.29 is 9.53 Å². The third-order valence-corrected chi connectivity index (χ3v) is 5.04. The molecular formula is C19H28N2O2. The Hall–Kier alpha value is -1.39. The van der Waals surface area contributed by atoms with Crippen LogP contribution in [0.1, 0.15) is 38.2 Å². The summed E-state index contributed by atoms with van der Waals surface area (Å²) in [7, 11) is 0. The molecule has 3 rings (SSSR count). The second-order valence-corrected chi connectivity index (χ2v) is 6.77. The van der Waals surface area contributed by atoms with Crippen molar-refractivity contribution >= 4 is 5.91 Å². The van der Waals surface area contributed by atoms with Crippen LogP contribution in [-0.4, -0.2) is 48.7 Å². The zero-order chi connectivity index (χ0) is 16.1. The summed E-state index contributed by atoms with van der Waals surface area (Å²) in [6.07, 6.45) is 5.43. The van der Waals surface area contributed by atoms with E-state index >= 15 is 0 Å². The highest BCUT2D eigenvalue weighted by Gasteiger charge is 2.31. The average Bonchev–Trinajstić information content (AvgIpc) is 3.00. The molecule has 4 heteroatoms. The molecule has 2 aliphatic heterocycles. The molecule has 1 aromatic carbocycles. The average molecular weight is 316 g/mol. The molecule has 2 fully saturated rings. The van der Waals surface area contributed by atoms with Gasteiger partial charge in [0.1, 0.15) is 0 Å². The molecule has 3 atom stereocenters. The Morgan fingerprint density at radius 1 is 1.26 bits per heavy atom. The van der Waals surface area contributed by atoms with E-state index in [-0.39, 0.29) is 24.1 Å². The monoisotopic (exact) mass is 316 g/mol. The number of benzene rings is 1. The number of rotatable bonds is 5. The van der Waals surface area contributed by atoms with Gasteiger partial charge in [0.25, 0.3) is 0 Å². The molecule has 2 heterocycles. The summed E-state index contributed by atoms with van der Waals surface area (Å²) in [5.74, 6) is 0.257. The third kappa shape index (κ3) is 4.33. The van der Waals surface area contributed by atoms with Gasteiger partial charge in [0.05, 0.1) is 12.1 Å². The van der Waals surface area contributed by atoms with Gasteiger partial charge in [0.15, 0.2) is 0 Å². The molecule has 0 aromatic heterocycles. The van der Waals surface area contributed by atoms with Crippen molar-refractivity contribution in [3.8, 4) is 0 Å². The molecule has 3 unspecified atom stereocenters. The van der Waals surface area contributed by atoms with E-state index in [1.807, 2.05) is 23.1 Å². The highest BCUT2D eigenvalue weighted by atomic mass is 16.5. The molecule has 0 radical (unpaired) electrons. The quantitative estimate of drug-likeness (QED) is 0.907. The lowest BCUT2D eigenvalue weighted by molar-refractivity contribution is -0.134. The van der Waals surface area contributed by atoms with Crippen molar-refractivity contribution in [2.45, 2.75) is 57.2 Å². The predicted octanol–water partition coefficient (Wildman–Crippen LogP) is 2.38. The lowest BCUT2D eigenvalue weighted by atomic mass is 10.0. The minimum Gasteiger partial charge on any atom is -0.377 e. The smallest absolute Gasteiger partial charge is 0.240 e. The summed E-state index contributed by atoms with van der Waals surface area (Å²) in [6, 6.07) is 10.4. The lowest BCUT2D eigenvalue weighted by Crippen LogP contribution is -2.53. The van der Waals surface area contributed by atoms with E-state index in [1.165, 1.54) is 12.0 Å². The molecule has 1 aromatic rings. The number of carbonyl (C=O) groups excluding carboxylic acids is 1. The topological polar surface area (TPSA) is 41.6 Å². The van der Waals surface area contributed by atoms with Crippen LogP contribution in [-0.2, 0) is 16.0 Å². The third-order valence-electron chi connectivity index (χ3n) is 5.04. The van der Waals surface area contributed by atoms with Crippen molar-refractivity contribution in [3.05, 3.63) is 35.9 Å². The number of hydrogen-bond donors (Lipinski definition) is 1. The predicted molar refractivity (Wildman–Crippen MR) is 91.3 cm³/mol. The Morgan fingerprint density at radius 2 is 2.00 bits per heavy atom. The van der Waals surface area contributed by atoms with Crippen molar-refractivity contribution in [3.63, 3.8) is 0 Å². The van der Waals surface area contributed by atoms with Gasteiger partial charge in [-0.15, -0.1) is 0 Å². The van der Waals surface area contributed by atoms with Crippen LogP contribution in [0.2, 0.25) is 0 Å². The number of likely N-dealkylation sites (tertiary alicyclic amines) is 1. The number of nitrogens with zero attached hydrogens (tertiary/aromatic N) is 1. The molecular weight excluding hydrogens is 288 g/mol. The van der Waals surface area contributed by atoms with Gasteiger partial charge >= 0.3 is 0 Å². The van der Waals surface area contributed by atoms with Gasteiger partial charge in [-0.1, -0.05) is 30.3 Å². The molecule has 23 heavy (non-hydrogen) atoms. The minimum absolute atomic E-state index is 0.148. The summed E-state index contributed by atoms with van der Waals surface area (Å²) in [5.41, 5.74) is 1.21. The molecule has 0 bridgehead atoms. The van der Waals surface area contributed by atoms with Crippen molar-refractivity contribution in [2.75, 3.05) is 19.7 Å². The highest BCUT2D eigenvalue weighted by Crippen LogP contribution is 2.17. The van der Waals surface area contributed by atoms with E-state index < -0.39 is 0 Å². The fourth-order valence-corrected chi connectivity index (χ4v) is 3.61. The Bertz CT molecular complexity index is 499. The summed E-state index contributed by atoms with van der Waals surface area (Å²) in [4.78, 5) is 15.1. The van der Waals surface area contributed by atoms with Gasteiger partial charge in [-0.05, 0) is 44.6 Å². The van der Waals surface area contributed by atoms with E-state index in [4.69, 9.17) is 4.74 Å². The molecule has 2 saturated heterocycles. The van der Waals surface area contributed by atoms with Crippen LogP contribution in [0.3, 0.4) is 0 Å². The van der Waals surface area contributed by atoms with E-state index in [1.54, 1.807) is 0 Å². The molecule has 2 aliphatic rings. The maximum absolute atomic E-state index is 13.0. The van der Waals surface area contributed by atoms with Crippen molar-refractivity contribution in [1.82, 2.24) is 10.2 Å².